The van der Waals surface area contributed by atoms with E-state index in [1.54, 1.807) is 24.3 Å². The Bertz CT molecular complexity index is 467. The molecule has 0 saturated carbocycles. The number of ether oxygens (including phenoxy) is 1. The average molecular weight is 236 g/mol. The second-order valence-corrected chi connectivity index (χ2v) is 3.77. The molecule has 1 N–H and O–H groups in total. The van der Waals surface area contributed by atoms with Crippen molar-refractivity contribution in [3.63, 3.8) is 0 Å². The summed E-state index contributed by atoms with van der Waals surface area (Å²) < 4.78 is 9.18. The Labute approximate surface area is 95.5 Å². The molecule has 0 spiro atoms. The van der Waals surface area contributed by atoms with Crippen molar-refractivity contribution in [3.8, 4) is 10.9 Å². The van der Waals surface area contributed by atoms with E-state index in [1.165, 1.54) is 6.33 Å². The van der Waals surface area contributed by atoms with E-state index in [0.717, 1.165) is 17.1 Å². The lowest BCUT2D eigenvalue weighted by Crippen LogP contribution is -1.99. The summed E-state index contributed by atoms with van der Waals surface area (Å²) in [5.74, 6) is -0.233. The number of rotatable bonds is 4. The third-order valence-corrected chi connectivity index (χ3v) is 2.37. The summed E-state index contributed by atoms with van der Waals surface area (Å²) >= 11 is 1.16. The molecule has 1 aromatic heterocycles. The van der Waals surface area contributed by atoms with Crippen LogP contribution in [0.2, 0.25) is 0 Å². The van der Waals surface area contributed by atoms with Crippen LogP contribution in [0.1, 0.15) is 5.56 Å². The number of aliphatic carboxylic acids is 1. The van der Waals surface area contributed by atoms with Crippen LogP contribution >= 0.6 is 11.5 Å². The van der Waals surface area contributed by atoms with Gasteiger partial charge >= 0.3 is 5.97 Å². The molecular formula is C10H8N2O3S. The quantitative estimate of drug-likeness (QED) is 0.878. The highest BCUT2D eigenvalue weighted by Gasteiger charge is 2.02. The fourth-order valence-electron chi connectivity index (χ4n) is 1.16. The summed E-state index contributed by atoms with van der Waals surface area (Å²) in [6.07, 6.45) is 1.43. The zero-order valence-corrected chi connectivity index (χ0v) is 8.98. The van der Waals surface area contributed by atoms with Gasteiger partial charge in [-0.15, -0.1) is 0 Å². The lowest BCUT2D eigenvalue weighted by Gasteiger charge is -2.01. The van der Waals surface area contributed by atoms with E-state index in [0.29, 0.717) is 10.9 Å². The number of nitrogens with zero attached hydrogens (tertiary/aromatic N) is 2. The largest absolute Gasteiger partial charge is 0.481 e. The summed E-state index contributed by atoms with van der Waals surface area (Å²) in [5, 5.41) is 9.06. The van der Waals surface area contributed by atoms with E-state index >= 15 is 0 Å². The van der Waals surface area contributed by atoms with Gasteiger partial charge in [-0.25, -0.2) is 0 Å². The third-order valence-electron chi connectivity index (χ3n) is 1.82. The zero-order chi connectivity index (χ0) is 11.4. The van der Waals surface area contributed by atoms with Gasteiger partial charge in [-0.05, 0) is 17.7 Å². The molecule has 0 unspecified atom stereocenters. The second kappa shape index (κ2) is 4.71. The minimum absolute atomic E-state index is 0.0130. The molecule has 0 atom stereocenters. The Morgan fingerprint density at radius 3 is 2.69 bits per heavy atom. The number of benzene rings is 1. The van der Waals surface area contributed by atoms with Crippen molar-refractivity contribution >= 4 is 17.5 Å². The molecule has 0 bridgehead atoms. The van der Waals surface area contributed by atoms with Gasteiger partial charge in [0.2, 0.25) is 0 Å². The van der Waals surface area contributed by atoms with Gasteiger partial charge in [0.05, 0.1) is 6.42 Å². The van der Waals surface area contributed by atoms with Crippen LogP contribution in [-0.4, -0.2) is 20.4 Å². The number of hydrogen-bond acceptors (Lipinski definition) is 5. The summed E-state index contributed by atoms with van der Waals surface area (Å²) in [6, 6.07) is 6.84. The third kappa shape index (κ3) is 2.77. The molecule has 5 nitrogen and oxygen atoms in total. The molecule has 0 aliphatic rings. The molecule has 0 aliphatic carbocycles. The number of carboxylic acids is 1. The van der Waals surface area contributed by atoms with E-state index in [2.05, 4.69) is 9.36 Å². The minimum Gasteiger partial charge on any atom is -0.481 e. The SMILES string of the molecule is O=C(O)Cc1ccc(Oc2ncns2)cc1. The molecule has 0 amide bonds. The Morgan fingerprint density at radius 1 is 1.38 bits per heavy atom. The van der Waals surface area contributed by atoms with Gasteiger partial charge in [0, 0.05) is 11.5 Å². The summed E-state index contributed by atoms with van der Waals surface area (Å²) in [4.78, 5) is 14.3. The predicted molar refractivity (Wildman–Crippen MR) is 57.8 cm³/mol. The van der Waals surface area contributed by atoms with Crippen LogP contribution in [0.4, 0.5) is 0 Å². The smallest absolute Gasteiger partial charge is 0.307 e. The molecule has 0 saturated heterocycles. The normalized spacial score (nSPS) is 10.0. The predicted octanol–water partition coefficient (Wildman–Crippen LogP) is 1.96. The summed E-state index contributed by atoms with van der Waals surface area (Å²) in [5.41, 5.74) is 0.733. The fourth-order valence-corrected chi connectivity index (χ4v) is 1.57. The van der Waals surface area contributed by atoms with Gasteiger partial charge in [0.25, 0.3) is 5.19 Å². The van der Waals surface area contributed by atoms with Crippen LogP contribution in [-0.2, 0) is 11.2 Å². The Hall–Kier alpha value is -1.95. The highest BCUT2D eigenvalue weighted by atomic mass is 32.1. The second-order valence-electron chi connectivity index (χ2n) is 3.02. The average Bonchev–Trinajstić information content (AvgIpc) is 2.73. The van der Waals surface area contributed by atoms with Gasteiger partial charge in [-0.3, -0.25) is 4.79 Å². The molecule has 16 heavy (non-hydrogen) atoms. The maximum Gasteiger partial charge on any atom is 0.307 e. The molecule has 0 aliphatic heterocycles. The highest BCUT2D eigenvalue weighted by Crippen LogP contribution is 2.21. The van der Waals surface area contributed by atoms with Gasteiger partial charge < -0.3 is 9.84 Å². The van der Waals surface area contributed by atoms with Crippen LogP contribution in [0.25, 0.3) is 0 Å². The van der Waals surface area contributed by atoms with E-state index in [-0.39, 0.29) is 6.42 Å². The Kier molecular flexibility index (Phi) is 3.11. The molecule has 0 fully saturated rings. The van der Waals surface area contributed by atoms with Gasteiger partial charge in [-0.2, -0.15) is 9.36 Å². The maximum absolute atomic E-state index is 10.5. The molecule has 1 heterocycles. The summed E-state index contributed by atoms with van der Waals surface area (Å²) in [6.45, 7) is 0. The molecule has 6 heteroatoms. The van der Waals surface area contributed by atoms with Gasteiger partial charge in [0.1, 0.15) is 12.1 Å². The minimum atomic E-state index is -0.849. The lowest BCUT2D eigenvalue weighted by molar-refractivity contribution is -0.136. The first-order valence-corrected chi connectivity index (χ1v) is 5.26. The van der Waals surface area contributed by atoms with E-state index < -0.39 is 5.97 Å². The Balaban J connectivity index is 2.05. The molecule has 82 valence electrons. The lowest BCUT2D eigenvalue weighted by atomic mass is 10.1. The van der Waals surface area contributed by atoms with Crippen LogP contribution < -0.4 is 4.74 Å². The molecule has 2 aromatic rings. The maximum atomic E-state index is 10.5. The molecule has 2 rings (SSSR count). The van der Waals surface area contributed by atoms with Crippen molar-refractivity contribution in [2.75, 3.05) is 0 Å². The molecule has 1 aromatic carbocycles. The standard InChI is InChI=1S/C10H8N2O3S/c13-9(14)5-7-1-3-8(4-2-7)15-10-11-6-12-16-10/h1-4,6H,5H2,(H,13,14). The van der Waals surface area contributed by atoms with Crippen molar-refractivity contribution < 1.29 is 14.6 Å². The van der Waals surface area contributed by atoms with E-state index in [4.69, 9.17) is 9.84 Å². The first-order valence-electron chi connectivity index (χ1n) is 4.49. The van der Waals surface area contributed by atoms with Crippen LogP contribution in [0.3, 0.4) is 0 Å². The van der Waals surface area contributed by atoms with E-state index in [1.807, 2.05) is 0 Å². The number of hydrogen-bond donors (Lipinski definition) is 1. The summed E-state index contributed by atoms with van der Waals surface area (Å²) in [7, 11) is 0. The van der Waals surface area contributed by atoms with Crippen LogP contribution in [0.5, 0.6) is 10.9 Å². The van der Waals surface area contributed by atoms with Gasteiger partial charge in [0.15, 0.2) is 0 Å². The first kappa shape index (κ1) is 10.6. The zero-order valence-electron chi connectivity index (χ0n) is 8.16. The van der Waals surface area contributed by atoms with Crippen molar-refractivity contribution in [1.82, 2.24) is 9.36 Å². The van der Waals surface area contributed by atoms with Crippen molar-refractivity contribution in [3.05, 3.63) is 36.2 Å². The molecule has 0 radical (unpaired) electrons. The highest BCUT2D eigenvalue weighted by molar-refractivity contribution is 7.07. The van der Waals surface area contributed by atoms with E-state index in [9.17, 15) is 4.79 Å². The van der Waals surface area contributed by atoms with Crippen LogP contribution in [0, 0.1) is 0 Å². The van der Waals surface area contributed by atoms with Crippen LogP contribution in [0.15, 0.2) is 30.6 Å². The first-order chi connectivity index (χ1) is 7.74. The van der Waals surface area contributed by atoms with Gasteiger partial charge in [-0.1, -0.05) is 12.1 Å². The number of carboxylic acid groups (broad SMARTS) is 1. The Morgan fingerprint density at radius 2 is 2.12 bits per heavy atom. The molecular weight excluding hydrogens is 228 g/mol. The van der Waals surface area contributed by atoms with Crippen molar-refractivity contribution in [1.29, 1.82) is 0 Å². The fraction of sp³-hybridized carbons (Fsp3) is 0.100. The number of aromatic nitrogens is 2. The number of carbonyl (C=O) groups is 1. The topological polar surface area (TPSA) is 72.3 Å². The monoisotopic (exact) mass is 236 g/mol. The van der Waals surface area contributed by atoms with Crippen molar-refractivity contribution in [2.45, 2.75) is 6.42 Å². The van der Waals surface area contributed by atoms with Crippen molar-refractivity contribution in [2.24, 2.45) is 0 Å².